The van der Waals surface area contributed by atoms with Crippen LogP contribution in [0.4, 0.5) is 5.69 Å². The van der Waals surface area contributed by atoms with E-state index in [2.05, 4.69) is 15.5 Å². The maximum absolute atomic E-state index is 13.1. The normalized spacial score (nSPS) is 11.1. The Hall–Kier alpha value is -2.80. The van der Waals surface area contributed by atoms with Crippen LogP contribution in [-0.2, 0) is 13.1 Å². The van der Waals surface area contributed by atoms with E-state index in [1.165, 1.54) is 0 Å². The van der Waals surface area contributed by atoms with Crippen molar-refractivity contribution in [2.45, 2.75) is 40.8 Å². The topological polar surface area (TPSA) is 64.7 Å². The van der Waals surface area contributed by atoms with Gasteiger partial charge in [-0.15, -0.1) is 0 Å². The standard InChI is InChI=1S/C25H24Cl3N5O/c1-14-23(28)16(3)32(30-14)12-18-6-5-7-20(10-18)25(34)29-24-15(2)31-33(17(24)4)13-19-8-9-21(26)22(27)11-19/h5-11H,12-13H2,1-4H3,(H,29,34). The Morgan fingerprint density at radius 1 is 0.824 bits per heavy atom. The lowest BCUT2D eigenvalue weighted by Crippen LogP contribution is -2.14. The molecule has 0 aliphatic rings. The molecule has 0 bridgehead atoms. The van der Waals surface area contributed by atoms with Crippen LogP contribution in [0.1, 0.15) is 44.3 Å². The quantitative estimate of drug-likeness (QED) is 0.313. The van der Waals surface area contributed by atoms with Crippen LogP contribution >= 0.6 is 34.8 Å². The predicted octanol–water partition coefficient (Wildman–Crippen LogP) is 6.62. The molecule has 9 heteroatoms. The lowest BCUT2D eigenvalue weighted by molar-refractivity contribution is 0.102. The number of carbonyl (C=O) groups excluding carboxylic acids is 1. The van der Waals surface area contributed by atoms with Gasteiger partial charge < -0.3 is 5.32 Å². The van der Waals surface area contributed by atoms with Crippen molar-refractivity contribution in [1.29, 1.82) is 0 Å². The summed E-state index contributed by atoms with van der Waals surface area (Å²) in [4.78, 5) is 13.1. The van der Waals surface area contributed by atoms with Gasteiger partial charge in [-0.05, 0) is 63.1 Å². The van der Waals surface area contributed by atoms with Crippen LogP contribution in [-0.4, -0.2) is 25.5 Å². The molecule has 0 saturated carbocycles. The van der Waals surface area contributed by atoms with E-state index in [1.54, 1.807) is 12.1 Å². The van der Waals surface area contributed by atoms with Crippen molar-refractivity contribution in [2.75, 3.05) is 5.32 Å². The Balaban J connectivity index is 1.52. The molecule has 34 heavy (non-hydrogen) atoms. The summed E-state index contributed by atoms with van der Waals surface area (Å²) in [5.74, 6) is -0.200. The largest absolute Gasteiger partial charge is 0.319 e. The molecule has 1 N–H and O–H groups in total. The molecule has 0 atom stereocenters. The number of aromatic nitrogens is 4. The molecular weight excluding hydrogens is 493 g/mol. The second kappa shape index (κ2) is 9.82. The highest BCUT2D eigenvalue weighted by molar-refractivity contribution is 6.42. The van der Waals surface area contributed by atoms with E-state index in [9.17, 15) is 4.79 Å². The first kappa shape index (κ1) is 24.3. The summed E-state index contributed by atoms with van der Waals surface area (Å²) in [7, 11) is 0. The van der Waals surface area contributed by atoms with Crippen molar-refractivity contribution in [2.24, 2.45) is 0 Å². The lowest BCUT2D eigenvalue weighted by Gasteiger charge is -2.10. The van der Waals surface area contributed by atoms with Crippen LogP contribution in [0.2, 0.25) is 15.1 Å². The van der Waals surface area contributed by atoms with Crippen LogP contribution in [0.15, 0.2) is 42.5 Å². The predicted molar refractivity (Wildman–Crippen MR) is 137 cm³/mol. The Morgan fingerprint density at radius 2 is 1.47 bits per heavy atom. The van der Waals surface area contributed by atoms with Crippen molar-refractivity contribution >= 4 is 46.4 Å². The van der Waals surface area contributed by atoms with Crippen molar-refractivity contribution in [3.05, 3.63) is 97.0 Å². The molecule has 0 saturated heterocycles. The molecule has 0 aliphatic carbocycles. The highest BCUT2D eigenvalue weighted by atomic mass is 35.5. The van der Waals surface area contributed by atoms with Gasteiger partial charge in [0.05, 0.1) is 56.6 Å². The highest BCUT2D eigenvalue weighted by Crippen LogP contribution is 2.26. The fraction of sp³-hybridized carbons (Fsp3) is 0.240. The number of hydrogen-bond acceptors (Lipinski definition) is 3. The van der Waals surface area contributed by atoms with Crippen molar-refractivity contribution in [3.63, 3.8) is 0 Å². The third-order valence-electron chi connectivity index (χ3n) is 5.75. The number of hydrogen-bond donors (Lipinski definition) is 1. The molecule has 0 aliphatic heterocycles. The number of nitrogens with one attached hydrogen (secondary N) is 1. The summed E-state index contributed by atoms with van der Waals surface area (Å²) >= 11 is 18.4. The zero-order valence-electron chi connectivity index (χ0n) is 19.3. The summed E-state index contributed by atoms with van der Waals surface area (Å²) in [6, 6.07) is 13.0. The Kier molecular flexibility index (Phi) is 7.03. The number of nitrogens with zero attached hydrogens (tertiary/aromatic N) is 4. The van der Waals surface area contributed by atoms with Crippen LogP contribution < -0.4 is 5.32 Å². The number of carbonyl (C=O) groups is 1. The van der Waals surface area contributed by atoms with Crippen LogP contribution in [0.5, 0.6) is 0 Å². The number of rotatable bonds is 6. The molecule has 0 radical (unpaired) electrons. The second-order valence-electron chi connectivity index (χ2n) is 8.25. The molecule has 4 aromatic rings. The van der Waals surface area contributed by atoms with Gasteiger partial charge in [0.15, 0.2) is 0 Å². The first-order chi connectivity index (χ1) is 16.1. The molecule has 2 aromatic carbocycles. The van der Waals surface area contributed by atoms with Crippen molar-refractivity contribution < 1.29 is 4.79 Å². The highest BCUT2D eigenvalue weighted by Gasteiger charge is 2.17. The van der Waals surface area contributed by atoms with E-state index in [-0.39, 0.29) is 5.91 Å². The monoisotopic (exact) mass is 515 g/mol. The number of amides is 1. The van der Waals surface area contributed by atoms with Crippen LogP contribution in [0, 0.1) is 27.7 Å². The SMILES string of the molecule is Cc1nn(Cc2cccc(C(=O)Nc3c(C)nn(Cc4ccc(Cl)c(Cl)c4)c3C)c2)c(C)c1Cl. The summed E-state index contributed by atoms with van der Waals surface area (Å²) in [6.07, 6.45) is 0. The number of halogens is 3. The molecule has 0 fully saturated rings. The molecule has 6 nitrogen and oxygen atoms in total. The van der Waals surface area contributed by atoms with Gasteiger partial charge in [0, 0.05) is 5.56 Å². The zero-order valence-corrected chi connectivity index (χ0v) is 21.6. The molecule has 1 amide bonds. The van der Waals surface area contributed by atoms with Gasteiger partial charge in [-0.3, -0.25) is 14.2 Å². The van der Waals surface area contributed by atoms with Gasteiger partial charge in [0.25, 0.3) is 5.91 Å². The lowest BCUT2D eigenvalue weighted by atomic mass is 10.1. The Morgan fingerprint density at radius 3 is 2.12 bits per heavy atom. The minimum absolute atomic E-state index is 0.200. The third-order valence-corrected chi connectivity index (χ3v) is 7.04. The van der Waals surface area contributed by atoms with E-state index >= 15 is 0 Å². The Labute approximate surface area is 213 Å². The average molecular weight is 517 g/mol. The molecule has 176 valence electrons. The maximum atomic E-state index is 13.1. The maximum Gasteiger partial charge on any atom is 0.255 e. The fourth-order valence-corrected chi connectivity index (χ4v) is 4.30. The Bertz CT molecular complexity index is 1390. The number of aryl methyl sites for hydroxylation is 2. The van der Waals surface area contributed by atoms with E-state index in [0.29, 0.717) is 39.4 Å². The minimum atomic E-state index is -0.200. The van der Waals surface area contributed by atoms with Crippen LogP contribution in [0.3, 0.4) is 0 Å². The molecule has 0 unspecified atom stereocenters. The second-order valence-corrected chi connectivity index (χ2v) is 9.44. The molecule has 2 aromatic heterocycles. The van der Waals surface area contributed by atoms with Crippen molar-refractivity contribution in [1.82, 2.24) is 19.6 Å². The van der Waals surface area contributed by atoms with Gasteiger partial charge in [0.1, 0.15) is 0 Å². The van der Waals surface area contributed by atoms with Gasteiger partial charge in [0.2, 0.25) is 0 Å². The summed E-state index contributed by atoms with van der Waals surface area (Å²) in [5, 5.41) is 13.8. The minimum Gasteiger partial charge on any atom is -0.319 e. The summed E-state index contributed by atoms with van der Waals surface area (Å²) < 4.78 is 3.68. The van der Waals surface area contributed by atoms with Gasteiger partial charge in [-0.1, -0.05) is 53.0 Å². The number of anilines is 1. The fourth-order valence-electron chi connectivity index (χ4n) is 3.84. The van der Waals surface area contributed by atoms with E-state index in [0.717, 1.165) is 33.9 Å². The summed E-state index contributed by atoms with van der Waals surface area (Å²) in [5.41, 5.74) is 6.45. The number of benzene rings is 2. The first-order valence-corrected chi connectivity index (χ1v) is 11.8. The van der Waals surface area contributed by atoms with Gasteiger partial charge in [-0.2, -0.15) is 10.2 Å². The molecule has 4 rings (SSSR count). The van der Waals surface area contributed by atoms with Crippen LogP contribution in [0.25, 0.3) is 0 Å². The first-order valence-electron chi connectivity index (χ1n) is 10.7. The van der Waals surface area contributed by atoms with Gasteiger partial charge >= 0.3 is 0 Å². The van der Waals surface area contributed by atoms with E-state index in [4.69, 9.17) is 34.8 Å². The third kappa shape index (κ3) is 4.99. The molecule has 2 heterocycles. The van der Waals surface area contributed by atoms with Gasteiger partial charge in [-0.25, -0.2) is 0 Å². The molecular formula is C25H24Cl3N5O. The van der Waals surface area contributed by atoms with Crippen molar-refractivity contribution in [3.8, 4) is 0 Å². The van der Waals surface area contributed by atoms with E-state index < -0.39 is 0 Å². The van der Waals surface area contributed by atoms with E-state index in [1.807, 2.05) is 67.4 Å². The average Bonchev–Trinajstić information content (AvgIpc) is 3.20. The zero-order chi connectivity index (χ0) is 24.6. The molecule has 0 spiro atoms. The smallest absolute Gasteiger partial charge is 0.255 e. The summed E-state index contributed by atoms with van der Waals surface area (Å²) in [6.45, 7) is 8.65.